The van der Waals surface area contributed by atoms with Crippen LogP contribution in [0, 0.1) is 13.8 Å². The van der Waals surface area contributed by atoms with Crippen molar-refractivity contribution >= 4 is 46.4 Å². The van der Waals surface area contributed by atoms with Crippen LogP contribution in [0.3, 0.4) is 0 Å². The molecule has 0 saturated carbocycles. The number of hydrogen-bond donors (Lipinski definition) is 2. The lowest BCUT2D eigenvalue weighted by Crippen LogP contribution is -2.44. The van der Waals surface area contributed by atoms with Crippen molar-refractivity contribution < 1.29 is 14.3 Å². The number of carbonyl (C=O) groups is 2. The Hall–Kier alpha value is -4.67. The molecule has 10 nitrogen and oxygen atoms in total. The summed E-state index contributed by atoms with van der Waals surface area (Å²) >= 11 is 6.65. The second-order valence-corrected chi connectivity index (χ2v) is 12.1. The number of ether oxygens (including phenoxy) is 1. The van der Waals surface area contributed by atoms with E-state index in [1.165, 1.54) is 6.20 Å². The summed E-state index contributed by atoms with van der Waals surface area (Å²) in [5.74, 6) is 0.196. The third kappa shape index (κ3) is 8.38. The minimum atomic E-state index is -0.418. The molecule has 0 spiro atoms. The number of rotatable bonds is 11. The number of aromatic nitrogens is 2. The number of likely N-dealkylation sites (N-methyl/N-ethyl adjacent to an activating group) is 2. The van der Waals surface area contributed by atoms with E-state index >= 15 is 0 Å². The van der Waals surface area contributed by atoms with E-state index in [2.05, 4.69) is 49.6 Å². The molecule has 47 heavy (non-hydrogen) atoms. The van der Waals surface area contributed by atoms with E-state index in [9.17, 15) is 9.59 Å². The van der Waals surface area contributed by atoms with Crippen molar-refractivity contribution in [1.29, 1.82) is 0 Å². The summed E-state index contributed by atoms with van der Waals surface area (Å²) in [5, 5.41) is 6.52. The molecule has 0 atom stereocenters. The zero-order valence-electron chi connectivity index (χ0n) is 27.6. The van der Waals surface area contributed by atoms with Gasteiger partial charge in [0, 0.05) is 62.5 Å². The maximum absolute atomic E-state index is 13.6. The first kappa shape index (κ1) is 33.7. The molecule has 0 bridgehead atoms. The predicted octanol–water partition coefficient (Wildman–Crippen LogP) is 6.70. The quantitative estimate of drug-likeness (QED) is 0.184. The number of nitrogens with one attached hydrogen (secondary N) is 2. The molecule has 4 aromatic rings. The summed E-state index contributed by atoms with van der Waals surface area (Å²) in [6.45, 7) is 13.1. The highest BCUT2D eigenvalue weighted by Gasteiger charge is 2.21. The molecular weight excluding hydrogens is 614 g/mol. The van der Waals surface area contributed by atoms with Gasteiger partial charge in [0.1, 0.15) is 11.3 Å². The van der Waals surface area contributed by atoms with Gasteiger partial charge in [0.05, 0.1) is 11.4 Å². The number of aryl methyl sites for hydroxylation is 2. The lowest BCUT2D eigenvalue weighted by atomic mass is 10.1. The zero-order chi connectivity index (χ0) is 33.5. The Morgan fingerprint density at radius 3 is 2.28 bits per heavy atom. The zero-order valence-corrected chi connectivity index (χ0v) is 28.4. The fourth-order valence-corrected chi connectivity index (χ4v) is 5.75. The van der Waals surface area contributed by atoms with Gasteiger partial charge in [0.15, 0.2) is 0 Å². The lowest BCUT2D eigenvalue weighted by molar-refractivity contribution is -0.130. The van der Waals surface area contributed by atoms with Gasteiger partial charge in [-0.15, -0.1) is 0 Å². The highest BCUT2D eigenvalue weighted by Crippen LogP contribution is 2.33. The molecule has 1 saturated heterocycles. The van der Waals surface area contributed by atoms with Gasteiger partial charge in [0.2, 0.25) is 17.7 Å². The van der Waals surface area contributed by atoms with E-state index in [0.717, 1.165) is 54.2 Å². The Labute approximate surface area is 281 Å². The van der Waals surface area contributed by atoms with E-state index in [1.807, 2.05) is 58.0 Å². The fourth-order valence-electron chi connectivity index (χ4n) is 5.51. The normalized spacial score (nSPS) is 13.3. The first-order chi connectivity index (χ1) is 22.6. The number of hydrogen-bond acceptors (Lipinski definition) is 8. The number of benzene rings is 3. The molecule has 246 valence electrons. The minimum Gasteiger partial charge on any atom is -0.436 e. The molecule has 1 aliphatic rings. The van der Waals surface area contributed by atoms with Gasteiger partial charge >= 0.3 is 0 Å². The Kier molecular flexibility index (Phi) is 11.0. The summed E-state index contributed by atoms with van der Waals surface area (Å²) in [7, 11) is 2.14. The smallest absolute Gasteiger partial charge is 0.262 e. The van der Waals surface area contributed by atoms with E-state index in [4.69, 9.17) is 16.3 Å². The van der Waals surface area contributed by atoms with Crippen molar-refractivity contribution in [2.24, 2.45) is 0 Å². The Balaban J connectivity index is 1.40. The molecule has 3 aromatic carbocycles. The second kappa shape index (κ2) is 15.3. The van der Waals surface area contributed by atoms with E-state index in [-0.39, 0.29) is 29.7 Å². The van der Waals surface area contributed by atoms with Crippen molar-refractivity contribution in [3.05, 3.63) is 94.1 Å². The molecule has 2 N–H and O–H groups in total. The maximum Gasteiger partial charge on any atom is 0.262 e. The molecule has 1 fully saturated rings. The summed E-state index contributed by atoms with van der Waals surface area (Å²) < 4.78 is 6.21. The van der Waals surface area contributed by atoms with Gasteiger partial charge in [-0.25, -0.2) is 4.98 Å². The van der Waals surface area contributed by atoms with Gasteiger partial charge < -0.3 is 30.1 Å². The van der Waals surface area contributed by atoms with Gasteiger partial charge in [-0.05, 0) is 87.8 Å². The average molecular weight is 656 g/mol. The van der Waals surface area contributed by atoms with E-state index < -0.39 is 5.91 Å². The van der Waals surface area contributed by atoms with Crippen LogP contribution in [-0.4, -0.2) is 77.9 Å². The standard InChI is InChI=1S/C36H42ClN7O3/c1-6-43(7-2)32(45)22-26-11-16-31(30(37)21-26)47-35-29(34(46)40-33-24(3)9-8-10-25(33)4)23-38-36(41-35)39-27-12-14-28(15-13-27)44-19-17-42(5)18-20-44/h8-16,21,23H,6-7,17-20,22H2,1-5H3,(H,40,46)(H,38,39,41). The molecular formula is C36H42ClN7O3. The van der Waals surface area contributed by atoms with E-state index in [0.29, 0.717) is 29.5 Å². The van der Waals surface area contributed by atoms with Gasteiger partial charge in [-0.1, -0.05) is 35.9 Å². The topological polar surface area (TPSA) is 103 Å². The van der Waals surface area contributed by atoms with Crippen molar-refractivity contribution in [2.45, 2.75) is 34.1 Å². The lowest BCUT2D eigenvalue weighted by Gasteiger charge is -2.34. The molecule has 0 radical (unpaired) electrons. The number of nitrogens with zero attached hydrogens (tertiary/aromatic N) is 5. The second-order valence-electron chi connectivity index (χ2n) is 11.7. The van der Waals surface area contributed by atoms with Crippen LogP contribution in [0.15, 0.2) is 66.9 Å². The van der Waals surface area contributed by atoms with Crippen molar-refractivity contribution in [2.75, 3.05) is 61.8 Å². The number of anilines is 4. The van der Waals surface area contributed by atoms with Crippen LogP contribution in [0.25, 0.3) is 0 Å². The summed E-state index contributed by atoms with van der Waals surface area (Å²) in [6.07, 6.45) is 1.66. The molecule has 0 unspecified atom stereocenters. The Morgan fingerprint density at radius 1 is 0.957 bits per heavy atom. The Morgan fingerprint density at radius 2 is 1.64 bits per heavy atom. The van der Waals surface area contributed by atoms with Crippen molar-refractivity contribution in [3.8, 4) is 11.6 Å². The number of amides is 2. The molecule has 1 aromatic heterocycles. The highest BCUT2D eigenvalue weighted by atomic mass is 35.5. The first-order valence-electron chi connectivity index (χ1n) is 15.9. The molecule has 5 rings (SSSR count). The SMILES string of the molecule is CCN(CC)C(=O)Cc1ccc(Oc2nc(Nc3ccc(N4CCN(C)CC4)cc3)ncc2C(=O)Nc2c(C)cccc2C)c(Cl)c1. The summed E-state index contributed by atoms with van der Waals surface area (Å²) in [6, 6.07) is 19.1. The molecule has 2 amide bonds. The monoisotopic (exact) mass is 655 g/mol. The molecule has 0 aliphatic carbocycles. The van der Waals surface area contributed by atoms with Crippen molar-refractivity contribution in [1.82, 2.24) is 19.8 Å². The van der Waals surface area contributed by atoms with Crippen LogP contribution in [-0.2, 0) is 11.2 Å². The van der Waals surface area contributed by atoms with Crippen LogP contribution in [0.2, 0.25) is 5.02 Å². The largest absolute Gasteiger partial charge is 0.436 e. The van der Waals surface area contributed by atoms with Crippen LogP contribution in [0.5, 0.6) is 11.6 Å². The van der Waals surface area contributed by atoms with Crippen LogP contribution in [0.1, 0.15) is 40.9 Å². The van der Waals surface area contributed by atoms with E-state index in [1.54, 1.807) is 23.1 Å². The molecule has 11 heteroatoms. The molecule has 1 aliphatic heterocycles. The molecule has 2 heterocycles. The summed E-state index contributed by atoms with van der Waals surface area (Å²) in [5.41, 5.74) is 5.42. The summed E-state index contributed by atoms with van der Waals surface area (Å²) in [4.78, 5) is 41.8. The van der Waals surface area contributed by atoms with Crippen LogP contribution < -0.4 is 20.3 Å². The van der Waals surface area contributed by atoms with Gasteiger partial charge in [0.25, 0.3) is 5.91 Å². The fraction of sp³-hybridized carbons (Fsp3) is 0.333. The number of carbonyl (C=O) groups excluding carboxylic acids is 2. The Bertz CT molecular complexity index is 1700. The van der Waals surface area contributed by atoms with Crippen LogP contribution >= 0.6 is 11.6 Å². The van der Waals surface area contributed by atoms with Crippen molar-refractivity contribution in [3.63, 3.8) is 0 Å². The van der Waals surface area contributed by atoms with Gasteiger partial charge in [-0.3, -0.25) is 9.59 Å². The third-order valence-electron chi connectivity index (χ3n) is 8.38. The number of halogens is 1. The van der Waals surface area contributed by atoms with Gasteiger partial charge in [-0.2, -0.15) is 4.98 Å². The number of piperazine rings is 1. The average Bonchev–Trinajstić information content (AvgIpc) is 3.05. The minimum absolute atomic E-state index is 0.0215. The maximum atomic E-state index is 13.6. The predicted molar refractivity (Wildman–Crippen MR) is 188 cm³/mol. The number of para-hydroxylation sites is 1. The highest BCUT2D eigenvalue weighted by molar-refractivity contribution is 6.32. The first-order valence-corrected chi connectivity index (χ1v) is 16.3. The van der Waals surface area contributed by atoms with Crippen LogP contribution in [0.4, 0.5) is 23.0 Å². The third-order valence-corrected chi connectivity index (χ3v) is 8.68.